The lowest BCUT2D eigenvalue weighted by molar-refractivity contribution is 0.669. The number of nitriles is 1. The third-order valence-electron chi connectivity index (χ3n) is 12.1. The number of benzene rings is 8. The van der Waals surface area contributed by atoms with Gasteiger partial charge in [-0.1, -0.05) is 133 Å². The number of hydrogen-bond donors (Lipinski definition) is 0. The minimum absolute atomic E-state index is 0.427. The van der Waals surface area contributed by atoms with Crippen molar-refractivity contribution in [2.45, 2.75) is 0 Å². The van der Waals surface area contributed by atoms with Crippen LogP contribution in [0.25, 0.3) is 121 Å². The van der Waals surface area contributed by atoms with E-state index in [-0.39, 0.29) is 0 Å². The number of rotatable bonds is 4. The van der Waals surface area contributed by atoms with Gasteiger partial charge in [-0.15, -0.1) is 0 Å². The Bertz CT molecular complexity index is 3840. The van der Waals surface area contributed by atoms with E-state index >= 15 is 0 Å². The van der Waals surface area contributed by atoms with Crippen molar-refractivity contribution in [1.29, 1.82) is 5.26 Å². The van der Waals surface area contributed by atoms with Gasteiger partial charge >= 0.3 is 0 Å². The van der Waals surface area contributed by atoms with Crippen molar-refractivity contribution in [2.24, 2.45) is 0 Å². The molecule has 6 nitrogen and oxygen atoms in total. The van der Waals surface area contributed by atoms with Crippen LogP contribution in [0.2, 0.25) is 0 Å². The molecule has 13 aromatic rings. The van der Waals surface area contributed by atoms with E-state index in [1.165, 1.54) is 48.9 Å². The molecule has 5 heterocycles. The van der Waals surface area contributed by atoms with Crippen LogP contribution in [0.5, 0.6) is 0 Å². The number of hydrogen-bond acceptors (Lipinski definition) is 4. The van der Waals surface area contributed by atoms with Crippen LogP contribution < -0.4 is 0 Å². The molecule has 0 spiro atoms. The molecule has 5 aromatic heterocycles. The molecule has 0 amide bonds. The van der Waals surface area contributed by atoms with Crippen LogP contribution in [0.3, 0.4) is 0 Å². The minimum atomic E-state index is 0.427. The first-order valence-corrected chi connectivity index (χ1v) is 19.7. The first kappa shape index (κ1) is 31.9. The molecule has 6 heteroatoms. The first-order chi connectivity index (χ1) is 29.3. The van der Waals surface area contributed by atoms with E-state index < -0.39 is 0 Å². The fourth-order valence-electron chi connectivity index (χ4n) is 9.69. The van der Waals surface area contributed by atoms with E-state index in [0.29, 0.717) is 28.4 Å². The van der Waals surface area contributed by atoms with Crippen LogP contribution in [0.4, 0.5) is 0 Å². The van der Waals surface area contributed by atoms with Gasteiger partial charge in [0, 0.05) is 48.8 Å². The summed E-state index contributed by atoms with van der Waals surface area (Å²) in [5, 5.41) is 19.9. The fraction of sp³-hybridized carbons (Fsp3) is 0. The topological polar surface area (TPSA) is 72.0 Å². The lowest BCUT2D eigenvalue weighted by Gasteiger charge is -2.14. The molecule has 0 fully saturated rings. The molecule has 0 N–H and O–H groups in total. The van der Waals surface area contributed by atoms with Gasteiger partial charge in [0.1, 0.15) is 22.8 Å². The third-order valence-corrected chi connectivity index (χ3v) is 12.1. The highest BCUT2D eigenvalue weighted by Gasteiger charge is 2.27. The van der Waals surface area contributed by atoms with E-state index in [1.807, 2.05) is 72.8 Å². The SMILES string of the molecule is N#Cc1c(-c2ccccc2)nc(-c2ccc(-n3c4ccccc4c4c5c6ccccc6n6c7ccccc7c(cc43)c56)c3c2oc2ccccc23)nc1-c1ccccc1. The number of aromatic nitrogens is 4. The fourth-order valence-corrected chi connectivity index (χ4v) is 9.69. The predicted molar refractivity (Wildman–Crippen MR) is 239 cm³/mol. The molecule has 0 bridgehead atoms. The largest absolute Gasteiger partial charge is 0.455 e. The summed E-state index contributed by atoms with van der Waals surface area (Å²) in [6.45, 7) is 0. The van der Waals surface area contributed by atoms with E-state index in [9.17, 15) is 5.26 Å². The van der Waals surface area contributed by atoms with E-state index in [2.05, 4.69) is 118 Å². The quantitative estimate of drug-likeness (QED) is 0.179. The molecule has 0 radical (unpaired) electrons. The van der Waals surface area contributed by atoms with Gasteiger partial charge in [-0.25, -0.2) is 9.97 Å². The average molecular weight is 752 g/mol. The van der Waals surface area contributed by atoms with Crippen molar-refractivity contribution in [3.05, 3.63) is 181 Å². The zero-order valence-corrected chi connectivity index (χ0v) is 31.4. The van der Waals surface area contributed by atoms with Gasteiger partial charge in [0.05, 0.1) is 55.6 Å². The summed E-state index contributed by atoms with van der Waals surface area (Å²) >= 11 is 0. The minimum Gasteiger partial charge on any atom is -0.455 e. The standard InChI is InChI=1S/C53H29N5O/c54-30-39-49(31-15-3-1-4-16-31)55-53(56-50(39)32-17-5-2-6-18-32)37-27-28-43(47-36-22-10-14-26-45(36)59-52(37)47)57-41-24-12-8-20-34(41)46-44(57)29-38-33-19-7-11-23-40(33)58-42-25-13-9-21-35(42)48(46)51(38)58/h1-29H. The summed E-state index contributed by atoms with van der Waals surface area (Å²) in [5.41, 5.74) is 12.4. The maximum Gasteiger partial charge on any atom is 0.164 e. The lowest BCUT2D eigenvalue weighted by atomic mass is 9.99. The molecule has 59 heavy (non-hydrogen) atoms. The second kappa shape index (κ2) is 11.9. The second-order valence-corrected chi connectivity index (χ2v) is 15.2. The Labute approximate surface area is 336 Å². The van der Waals surface area contributed by atoms with Crippen molar-refractivity contribution < 1.29 is 4.42 Å². The Balaban J connectivity index is 1.17. The number of nitrogens with zero attached hydrogens (tertiary/aromatic N) is 5. The van der Waals surface area contributed by atoms with Crippen molar-refractivity contribution in [1.82, 2.24) is 18.9 Å². The summed E-state index contributed by atoms with van der Waals surface area (Å²) in [6.07, 6.45) is 0. The number of furan rings is 1. The maximum absolute atomic E-state index is 10.6. The highest BCUT2D eigenvalue weighted by molar-refractivity contribution is 6.36. The van der Waals surface area contributed by atoms with E-state index in [0.717, 1.165) is 49.8 Å². The maximum atomic E-state index is 10.6. The van der Waals surface area contributed by atoms with E-state index in [1.54, 1.807) is 0 Å². The van der Waals surface area contributed by atoms with Crippen LogP contribution in [0.1, 0.15) is 5.56 Å². The summed E-state index contributed by atoms with van der Waals surface area (Å²) in [7, 11) is 0. The monoisotopic (exact) mass is 751 g/mol. The van der Waals surface area contributed by atoms with Crippen molar-refractivity contribution in [3.63, 3.8) is 0 Å². The van der Waals surface area contributed by atoms with Crippen molar-refractivity contribution in [2.75, 3.05) is 0 Å². The van der Waals surface area contributed by atoms with Crippen molar-refractivity contribution in [3.8, 4) is 45.7 Å². The highest BCUT2D eigenvalue weighted by atomic mass is 16.3. The van der Waals surface area contributed by atoms with E-state index in [4.69, 9.17) is 14.4 Å². The smallest absolute Gasteiger partial charge is 0.164 e. The molecular weight excluding hydrogens is 723 g/mol. The molecule has 0 aliphatic heterocycles. The molecule has 0 atom stereocenters. The predicted octanol–water partition coefficient (Wildman–Crippen LogP) is 13.5. The van der Waals surface area contributed by atoms with Gasteiger partial charge in [-0.2, -0.15) is 5.26 Å². The van der Waals surface area contributed by atoms with Crippen LogP contribution >= 0.6 is 0 Å². The summed E-state index contributed by atoms with van der Waals surface area (Å²) < 4.78 is 11.8. The number of fused-ring (bicyclic) bond motifs is 13. The zero-order valence-electron chi connectivity index (χ0n) is 31.4. The molecule has 0 saturated carbocycles. The van der Waals surface area contributed by atoms with Crippen molar-refractivity contribution >= 4 is 81.8 Å². The van der Waals surface area contributed by atoms with Gasteiger partial charge in [0.15, 0.2) is 5.82 Å². The van der Waals surface area contributed by atoms with Crippen LogP contribution in [0.15, 0.2) is 180 Å². The number of para-hydroxylation sites is 4. The Kier molecular flexibility index (Phi) is 6.42. The summed E-state index contributed by atoms with van der Waals surface area (Å²) in [4.78, 5) is 10.4. The molecule has 8 aromatic carbocycles. The Morgan fingerprint density at radius 2 is 1.03 bits per heavy atom. The zero-order chi connectivity index (χ0) is 38.8. The van der Waals surface area contributed by atoms with Gasteiger partial charge in [0.25, 0.3) is 0 Å². The van der Waals surface area contributed by atoms with Crippen LogP contribution in [0, 0.1) is 11.3 Å². The van der Waals surface area contributed by atoms with Gasteiger partial charge < -0.3 is 13.4 Å². The Hall–Kier alpha value is -8.27. The molecular formula is C53H29N5O. The Morgan fingerprint density at radius 3 is 1.71 bits per heavy atom. The molecule has 0 saturated heterocycles. The van der Waals surface area contributed by atoms with Gasteiger partial charge in [-0.3, -0.25) is 0 Å². The molecule has 0 aliphatic rings. The third kappa shape index (κ3) is 4.28. The Morgan fingerprint density at radius 1 is 0.475 bits per heavy atom. The van der Waals surface area contributed by atoms with Crippen LogP contribution in [-0.4, -0.2) is 18.9 Å². The van der Waals surface area contributed by atoms with Gasteiger partial charge in [0.2, 0.25) is 0 Å². The lowest BCUT2D eigenvalue weighted by Crippen LogP contribution is -2.02. The normalized spacial score (nSPS) is 12.1. The molecule has 0 aliphatic carbocycles. The first-order valence-electron chi connectivity index (χ1n) is 19.7. The van der Waals surface area contributed by atoms with Gasteiger partial charge in [-0.05, 0) is 42.5 Å². The highest BCUT2D eigenvalue weighted by Crippen LogP contribution is 2.48. The molecule has 13 rings (SSSR count). The molecule has 0 unspecified atom stereocenters. The van der Waals surface area contributed by atoms with Crippen LogP contribution in [-0.2, 0) is 0 Å². The second-order valence-electron chi connectivity index (χ2n) is 15.2. The summed E-state index contributed by atoms with van der Waals surface area (Å²) in [6, 6.07) is 63.4. The average Bonchev–Trinajstić information content (AvgIpc) is 4.05. The molecule has 272 valence electrons. The summed E-state index contributed by atoms with van der Waals surface area (Å²) in [5.74, 6) is 0.485.